The number of ether oxygens (including phenoxy) is 1. The van der Waals surface area contributed by atoms with Crippen molar-refractivity contribution in [2.75, 3.05) is 31.1 Å². The fourth-order valence-electron chi connectivity index (χ4n) is 7.51. The molecule has 4 aliphatic rings. The number of aryl methyl sites for hydroxylation is 1. The van der Waals surface area contributed by atoms with E-state index in [0.717, 1.165) is 30.4 Å². The molecule has 1 fully saturated rings. The van der Waals surface area contributed by atoms with Crippen molar-refractivity contribution in [3.8, 4) is 5.75 Å². The maximum atomic E-state index is 15.8. The number of nitrogens with zero attached hydrogens (tertiary/aromatic N) is 2. The lowest BCUT2D eigenvalue weighted by atomic mass is 9.70. The van der Waals surface area contributed by atoms with Crippen molar-refractivity contribution in [2.24, 2.45) is 5.92 Å². The first-order chi connectivity index (χ1) is 21.4. The van der Waals surface area contributed by atoms with Gasteiger partial charge in [0, 0.05) is 35.1 Å². The highest BCUT2D eigenvalue weighted by atomic mass is 35.5. The molecule has 3 aliphatic heterocycles. The summed E-state index contributed by atoms with van der Waals surface area (Å²) in [6, 6.07) is 9.08. The van der Waals surface area contributed by atoms with Gasteiger partial charge in [0.2, 0.25) is 10.0 Å². The third-order valence-electron chi connectivity index (χ3n) is 10.2. The summed E-state index contributed by atoms with van der Waals surface area (Å²) in [5, 5.41) is 9.85. The Morgan fingerprint density at radius 2 is 1.98 bits per heavy atom. The zero-order valence-electron chi connectivity index (χ0n) is 25.5. The molecule has 1 aliphatic carbocycles. The van der Waals surface area contributed by atoms with Crippen LogP contribution in [0, 0.1) is 5.92 Å². The van der Waals surface area contributed by atoms with Gasteiger partial charge >= 0.3 is 5.97 Å². The zero-order chi connectivity index (χ0) is 32.1. The predicted octanol–water partition coefficient (Wildman–Crippen LogP) is 5.07. The van der Waals surface area contributed by atoms with Gasteiger partial charge in [-0.1, -0.05) is 30.7 Å². The number of carboxylic acid groups (broad SMARTS) is 1. The lowest BCUT2D eigenvalue weighted by molar-refractivity contribution is -0.142. The number of anilines is 1. The maximum absolute atomic E-state index is 15.8. The van der Waals surface area contributed by atoms with Crippen molar-refractivity contribution >= 4 is 39.2 Å². The van der Waals surface area contributed by atoms with Crippen LogP contribution in [0.4, 0.5) is 10.1 Å². The summed E-state index contributed by atoms with van der Waals surface area (Å²) < 4.78 is 50.9. The number of carbonyl (C=O) groups excluding carboxylic acids is 1. The summed E-state index contributed by atoms with van der Waals surface area (Å²) in [6.45, 7) is 4.77. The Hall–Kier alpha value is -3.15. The third kappa shape index (κ3) is 6.06. The number of allylic oxidation sites excluding steroid dienone is 1. The van der Waals surface area contributed by atoms with Crippen molar-refractivity contribution in [2.45, 2.75) is 75.1 Å². The number of benzene rings is 2. The minimum Gasteiger partial charge on any atom is -0.490 e. The number of fused-ring (bicyclic) bond motifs is 4. The molecule has 0 radical (unpaired) electrons. The first-order valence-electron chi connectivity index (χ1n) is 15.6. The predicted molar refractivity (Wildman–Crippen MR) is 170 cm³/mol. The number of aliphatic carboxylic acids is 1. The summed E-state index contributed by atoms with van der Waals surface area (Å²) in [5.41, 5.74) is 2.66. The third-order valence-corrected chi connectivity index (χ3v) is 12.3. The monoisotopic (exact) mass is 659 g/mol. The van der Waals surface area contributed by atoms with Crippen LogP contribution in [0.2, 0.25) is 5.02 Å². The molecule has 0 saturated carbocycles. The standard InChI is InChI=1S/C33H39ClFN3O6S/c1-20-7-11-27(35)30(32(40)41)38-14-4-6-25(38)17-37-18-33(13-3-5-22-15-24(34)9-10-26(22)33)19-44-29-12-8-23(16-28(29)37)31(39)36-45(42,43)21(20)2/h8-12,15-16,20-21,25,30H,3-7,13-14,17-19H2,1-2H3,(H,36,39)(H,40,41)/b27-11-/t20-,21+,25-,30+,33-/m0/s1. The Bertz CT molecular complexity index is 1650. The fraction of sp³-hybridized carbons (Fsp3) is 0.515. The number of nitrogens with one attached hydrogen (secondary N) is 1. The second-order valence-corrected chi connectivity index (χ2v) is 15.5. The van der Waals surface area contributed by atoms with Crippen LogP contribution < -0.4 is 14.4 Å². The molecule has 1 spiro atoms. The van der Waals surface area contributed by atoms with E-state index in [1.165, 1.54) is 13.0 Å². The number of halogens is 2. The first kappa shape index (κ1) is 31.8. The van der Waals surface area contributed by atoms with E-state index in [1.807, 2.05) is 12.1 Å². The molecule has 2 N–H and O–H groups in total. The Labute approximate surface area is 268 Å². The lowest BCUT2D eigenvalue weighted by Gasteiger charge is -2.42. The smallest absolute Gasteiger partial charge is 0.328 e. The Morgan fingerprint density at radius 3 is 2.76 bits per heavy atom. The number of hydrogen-bond donors (Lipinski definition) is 2. The van der Waals surface area contributed by atoms with Gasteiger partial charge in [0.25, 0.3) is 5.91 Å². The summed E-state index contributed by atoms with van der Waals surface area (Å²) in [6.07, 6.45) is 5.24. The summed E-state index contributed by atoms with van der Waals surface area (Å²) >= 11 is 6.37. The molecular formula is C33H39ClFN3O6S. The molecule has 2 bridgehead atoms. The van der Waals surface area contributed by atoms with Crippen LogP contribution in [0.1, 0.15) is 67.4 Å². The van der Waals surface area contributed by atoms with E-state index in [0.29, 0.717) is 55.5 Å². The van der Waals surface area contributed by atoms with E-state index in [-0.39, 0.29) is 18.0 Å². The summed E-state index contributed by atoms with van der Waals surface area (Å²) in [5.74, 6) is -2.89. The van der Waals surface area contributed by atoms with Crippen LogP contribution in [0.25, 0.3) is 0 Å². The van der Waals surface area contributed by atoms with Crippen LogP contribution in [-0.4, -0.2) is 73.9 Å². The summed E-state index contributed by atoms with van der Waals surface area (Å²) in [4.78, 5) is 29.8. The van der Waals surface area contributed by atoms with Crippen LogP contribution in [-0.2, 0) is 26.7 Å². The van der Waals surface area contributed by atoms with E-state index < -0.39 is 50.4 Å². The molecule has 2 aromatic carbocycles. The van der Waals surface area contributed by atoms with Crippen molar-refractivity contribution in [3.05, 3.63) is 70.0 Å². The zero-order valence-corrected chi connectivity index (χ0v) is 27.0. The van der Waals surface area contributed by atoms with Gasteiger partial charge in [-0.05, 0) is 99.4 Å². The highest BCUT2D eigenvalue weighted by molar-refractivity contribution is 7.90. The molecule has 45 heavy (non-hydrogen) atoms. The van der Waals surface area contributed by atoms with Gasteiger partial charge in [0.1, 0.15) is 11.6 Å². The average Bonchev–Trinajstić information content (AvgIpc) is 3.38. The Morgan fingerprint density at radius 1 is 1.18 bits per heavy atom. The minimum atomic E-state index is -4.13. The van der Waals surface area contributed by atoms with Gasteiger partial charge in [-0.25, -0.2) is 17.5 Å². The van der Waals surface area contributed by atoms with Crippen molar-refractivity contribution < 1.29 is 32.2 Å². The molecule has 6 rings (SSSR count). The quantitative estimate of drug-likeness (QED) is 0.436. The Kier molecular flexibility index (Phi) is 8.64. The topological polar surface area (TPSA) is 116 Å². The van der Waals surface area contributed by atoms with Crippen LogP contribution in [0.3, 0.4) is 0 Å². The van der Waals surface area contributed by atoms with Gasteiger partial charge in [-0.3, -0.25) is 14.5 Å². The van der Waals surface area contributed by atoms with E-state index in [4.69, 9.17) is 16.3 Å². The molecule has 0 unspecified atom stereocenters. The van der Waals surface area contributed by atoms with Crippen molar-refractivity contribution in [1.29, 1.82) is 0 Å². The Balaban J connectivity index is 1.48. The molecule has 1 saturated heterocycles. The van der Waals surface area contributed by atoms with E-state index in [1.54, 1.807) is 30.0 Å². The molecule has 242 valence electrons. The molecule has 9 nitrogen and oxygen atoms in total. The number of carboxylic acids is 1. The van der Waals surface area contributed by atoms with Crippen molar-refractivity contribution in [1.82, 2.24) is 9.62 Å². The van der Waals surface area contributed by atoms with Gasteiger partial charge in [-0.2, -0.15) is 0 Å². The minimum absolute atomic E-state index is 0.00135. The fourth-order valence-corrected chi connectivity index (χ4v) is 8.99. The molecular weight excluding hydrogens is 621 g/mol. The molecule has 2 aromatic rings. The highest BCUT2D eigenvalue weighted by Crippen LogP contribution is 2.45. The number of carbonyl (C=O) groups is 2. The SMILES string of the molecule is C[C@@H]1[C@@H](C)C/C=C(\F)[C@H](C(=O)O)N2CCC[C@H]2CN2C[C@@]3(CCCc4cc(Cl)ccc43)COc3ccc(cc32)C(=O)NS1(=O)=O. The van der Waals surface area contributed by atoms with Gasteiger partial charge in [0.15, 0.2) is 6.04 Å². The van der Waals surface area contributed by atoms with E-state index in [9.17, 15) is 23.1 Å². The maximum Gasteiger partial charge on any atom is 0.328 e. The summed E-state index contributed by atoms with van der Waals surface area (Å²) in [7, 11) is -4.13. The van der Waals surface area contributed by atoms with Gasteiger partial charge in [-0.15, -0.1) is 0 Å². The van der Waals surface area contributed by atoms with Crippen LogP contribution >= 0.6 is 11.6 Å². The second-order valence-electron chi connectivity index (χ2n) is 13.0. The van der Waals surface area contributed by atoms with E-state index >= 15 is 4.39 Å². The molecule has 5 atom stereocenters. The number of rotatable bonds is 1. The van der Waals surface area contributed by atoms with Gasteiger partial charge in [0.05, 0.1) is 17.5 Å². The number of amides is 1. The molecule has 3 heterocycles. The largest absolute Gasteiger partial charge is 0.490 e. The van der Waals surface area contributed by atoms with Crippen LogP contribution in [0.15, 0.2) is 48.3 Å². The average molecular weight is 660 g/mol. The highest BCUT2D eigenvalue weighted by Gasteiger charge is 2.44. The second kappa shape index (κ2) is 12.2. The number of sulfonamides is 1. The molecule has 0 aromatic heterocycles. The van der Waals surface area contributed by atoms with Gasteiger partial charge < -0.3 is 14.7 Å². The normalized spacial score (nSPS) is 31.5. The van der Waals surface area contributed by atoms with E-state index in [2.05, 4.69) is 15.7 Å². The first-order valence-corrected chi connectivity index (χ1v) is 17.5. The van der Waals surface area contributed by atoms with Crippen molar-refractivity contribution in [3.63, 3.8) is 0 Å². The molecule has 1 amide bonds. The lowest BCUT2D eigenvalue weighted by Crippen LogP contribution is -2.52. The number of hydrogen-bond acceptors (Lipinski definition) is 7. The molecule has 12 heteroatoms. The van der Waals surface area contributed by atoms with Crippen LogP contribution in [0.5, 0.6) is 5.75 Å².